The molecule has 0 fully saturated rings. The summed E-state index contributed by atoms with van der Waals surface area (Å²) in [7, 11) is 0. The Kier molecular flexibility index (Phi) is 2.68. The summed E-state index contributed by atoms with van der Waals surface area (Å²) in [5, 5.41) is 7.24. The minimum absolute atomic E-state index is 0.253. The first-order valence-electron chi connectivity index (χ1n) is 4.70. The van der Waals surface area contributed by atoms with Gasteiger partial charge in [0, 0.05) is 17.5 Å². The van der Waals surface area contributed by atoms with Crippen LogP contribution in [0.2, 0.25) is 5.28 Å². The number of hydrogen-bond donors (Lipinski definition) is 1. The van der Waals surface area contributed by atoms with E-state index in [1.807, 2.05) is 6.07 Å². The predicted octanol–water partition coefficient (Wildman–Crippen LogP) is 2.64. The summed E-state index contributed by atoms with van der Waals surface area (Å²) < 4.78 is 0. The third-order valence-electron chi connectivity index (χ3n) is 2.15. The molecule has 5 heteroatoms. The van der Waals surface area contributed by atoms with E-state index in [9.17, 15) is 0 Å². The minimum Gasteiger partial charge on any atom is -0.282 e. The summed E-state index contributed by atoms with van der Waals surface area (Å²) in [4.78, 5) is 8.00. The number of nitrogens with one attached hydrogen (secondary N) is 1. The number of nitrogens with zero attached hydrogens (tertiary/aromatic N) is 3. The quantitative estimate of drug-likeness (QED) is 0.795. The maximum atomic E-state index is 5.74. The van der Waals surface area contributed by atoms with E-state index in [0.29, 0.717) is 5.92 Å². The molecule has 0 unspecified atom stereocenters. The molecule has 15 heavy (non-hydrogen) atoms. The van der Waals surface area contributed by atoms with Crippen LogP contribution < -0.4 is 0 Å². The molecule has 2 heterocycles. The van der Waals surface area contributed by atoms with Crippen LogP contribution in [0.5, 0.6) is 0 Å². The lowest BCUT2D eigenvalue weighted by Gasteiger charge is -2.05. The molecular weight excluding hydrogens is 212 g/mol. The fourth-order valence-corrected chi connectivity index (χ4v) is 1.57. The zero-order valence-electron chi connectivity index (χ0n) is 8.53. The molecule has 1 N–H and O–H groups in total. The minimum atomic E-state index is 0.253. The van der Waals surface area contributed by atoms with Gasteiger partial charge in [0.15, 0.2) is 0 Å². The van der Waals surface area contributed by atoms with Gasteiger partial charge in [-0.2, -0.15) is 5.10 Å². The Balaban J connectivity index is 2.49. The van der Waals surface area contributed by atoms with Gasteiger partial charge in [-0.3, -0.25) is 5.10 Å². The lowest BCUT2D eigenvalue weighted by molar-refractivity contribution is 0.811. The van der Waals surface area contributed by atoms with Crippen LogP contribution in [-0.2, 0) is 0 Å². The molecule has 0 aliphatic rings. The third-order valence-corrected chi connectivity index (χ3v) is 2.33. The molecule has 0 aromatic carbocycles. The SMILES string of the molecule is CC(C)c1[nH]ncc1-c1ccnc(Cl)n1. The molecule has 78 valence electrons. The molecule has 0 saturated carbocycles. The summed E-state index contributed by atoms with van der Waals surface area (Å²) in [6.45, 7) is 4.19. The van der Waals surface area contributed by atoms with E-state index in [1.54, 1.807) is 12.4 Å². The first kappa shape index (κ1) is 10.1. The van der Waals surface area contributed by atoms with Crippen LogP contribution in [-0.4, -0.2) is 20.2 Å². The third kappa shape index (κ3) is 1.99. The molecule has 0 bridgehead atoms. The van der Waals surface area contributed by atoms with E-state index in [0.717, 1.165) is 17.0 Å². The lowest BCUT2D eigenvalue weighted by Crippen LogP contribution is -1.93. The van der Waals surface area contributed by atoms with E-state index >= 15 is 0 Å². The summed E-state index contributed by atoms with van der Waals surface area (Å²) in [6, 6.07) is 1.82. The Morgan fingerprint density at radius 1 is 1.40 bits per heavy atom. The van der Waals surface area contributed by atoms with Crippen molar-refractivity contribution in [3.05, 3.63) is 29.4 Å². The maximum absolute atomic E-state index is 5.74. The standard InChI is InChI=1S/C10H11ClN4/c1-6(2)9-7(5-13-15-9)8-3-4-12-10(11)14-8/h3-6H,1-2H3,(H,13,15). The van der Waals surface area contributed by atoms with Crippen LogP contribution in [0, 0.1) is 0 Å². The first-order valence-corrected chi connectivity index (χ1v) is 5.08. The smallest absolute Gasteiger partial charge is 0.222 e. The number of aromatic amines is 1. The van der Waals surface area contributed by atoms with Crippen molar-refractivity contribution in [2.75, 3.05) is 0 Å². The van der Waals surface area contributed by atoms with E-state index in [4.69, 9.17) is 11.6 Å². The molecule has 2 rings (SSSR count). The second kappa shape index (κ2) is 3.98. The molecule has 4 nitrogen and oxygen atoms in total. The van der Waals surface area contributed by atoms with Crippen molar-refractivity contribution < 1.29 is 0 Å². The van der Waals surface area contributed by atoms with Gasteiger partial charge in [-0.1, -0.05) is 13.8 Å². The fraction of sp³-hybridized carbons (Fsp3) is 0.300. The Bertz CT molecular complexity index is 464. The largest absolute Gasteiger partial charge is 0.282 e. The van der Waals surface area contributed by atoms with Crippen molar-refractivity contribution >= 4 is 11.6 Å². The second-order valence-corrected chi connectivity index (χ2v) is 3.90. The predicted molar refractivity (Wildman–Crippen MR) is 58.7 cm³/mol. The summed E-state index contributed by atoms with van der Waals surface area (Å²) in [5.74, 6) is 0.372. The van der Waals surface area contributed by atoms with Crippen LogP contribution in [0.4, 0.5) is 0 Å². The highest BCUT2D eigenvalue weighted by molar-refractivity contribution is 6.28. The fourth-order valence-electron chi connectivity index (χ4n) is 1.43. The van der Waals surface area contributed by atoms with Gasteiger partial charge in [-0.15, -0.1) is 0 Å². The molecule has 0 radical (unpaired) electrons. The van der Waals surface area contributed by atoms with Crippen molar-refractivity contribution in [3.63, 3.8) is 0 Å². The highest BCUT2D eigenvalue weighted by atomic mass is 35.5. The van der Waals surface area contributed by atoms with Crippen molar-refractivity contribution in [1.82, 2.24) is 20.2 Å². The Morgan fingerprint density at radius 2 is 2.20 bits per heavy atom. The van der Waals surface area contributed by atoms with Gasteiger partial charge in [-0.25, -0.2) is 9.97 Å². The highest BCUT2D eigenvalue weighted by Crippen LogP contribution is 2.25. The van der Waals surface area contributed by atoms with Crippen molar-refractivity contribution in [2.45, 2.75) is 19.8 Å². The first-order chi connectivity index (χ1) is 7.18. The van der Waals surface area contributed by atoms with Crippen LogP contribution in [0.25, 0.3) is 11.3 Å². The second-order valence-electron chi connectivity index (χ2n) is 3.56. The summed E-state index contributed by atoms with van der Waals surface area (Å²) in [5.41, 5.74) is 2.84. The van der Waals surface area contributed by atoms with E-state index in [-0.39, 0.29) is 5.28 Å². The van der Waals surface area contributed by atoms with Gasteiger partial charge in [0.25, 0.3) is 0 Å². The van der Waals surface area contributed by atoms with Crippen LogP contribution >= 0.6 is 11.6 Å². The molecule has 0 aliphatic heterocycles. The van der Waals surface area contributed by atoms with Crippen LogP contribution in [0.1, 0.15) is 25.5 Å². The highest BCUT2D eigenvalue weighted by Gasteiger charge is 2.12. The molecule has 0 amide bonds. The molecule has 0 spiro atoms. The van der Waals surface area contributed by atoms with Crippen molar-refractivity contribution in [3.8, 4) is 11.3 Å². The van der Waals surface area contributed by atoms with Gasteiger partial charge in [0.1, 0.15) is 0 Å². The maximum Gasteiger partial charge on any atom is 0.222 e. The zero-order valence-corrected chi connectivity index (χ0v) is 9.28. The van der Waals surface area contributed by atoms with E-state index in [1.165, 1.54) is 0 Å². The van der Waals surface area contributed by atoms with Gasteiger partial charge in [-0.05, 0) is 23.6 Å². The van der Waals surface area contributed by atoms with Crippen LogP contribution in [0.15, 0.2) is 18.5 Å². The van der Waals surface area contributed by atoms with Crippen molar-refractivity contribution in [2.24, 2.45) is 0 Å². The lowest BCUT2D eigenvalue weighted by atomic mass is 10.0. The van der Waals surface area contributed by atoms with Crippen molar-refractivity contribution in [1.29, 1.82) is 0 Å². The zero-order chi connectivity index (χ0) is 10.8. The Hall–Kier alpha value is -1.42. The molecular formula is C10H11ClN4. The van der Waals surface area contributed by atoms with E-state index in [2.05, 4.69) is 34.0 Å². The normalized spacial score (nSPS) is 10.9. The monoisotopic (exact) mass is 222 g/mol. The van der Waals surface area contributed by atoms with Gasteiger partial charge in [0.2, 0.25) is 5.28 Å². The number of H-pyrrole nitrogens is 1. The molecule has 2 aromatic rings. The summed E-state index contributed by atoms with van der Waals surface area (Å²) >= 11 is 5.74. The number of aromatic nitrogens is 4. The average Bonchev–Trinajstić information content (AvgIpc) is 2.65. The Morgan fingerprint density at radius 3 is 2.87 bits per heavy atom. The number of hydrogen-bond acceptors (Lipinski definition) is 3. The molecule has 0 atom stereocenters. The average molecular weight is 223 g/mol. The van der Waals surface area contributed by atoms with E-state index < -0.39 is 0 Å². The van der Waals surface area contributed by atoms with Gasteiger partial charge < -0.3 is 0 Å². The van der Waals surface area contributed by atoms with Gasteiger partial charge >= 0.3 is 0 Å². The van der Waals surface area contributed by atoms with Gasteiger partial charge in [0.05, 0.1) is 11.9 Å². The molecule has 0 aliphatic carbocycles. The molecule has 2 aromatic heterocycles. The Labute approximate surface area is 92.7 Å². The number of rotatable bonds is 2. The molecule has 0 saturated heterocycles. The summed E-state index contributed by atoms with van der Waals surface area (Å²) in [6.07, 6.45) is 3.40. The topological polar surface area (TPSA) is 54.5 Å². The number of halogens is 1. The van der Waals surface area contributed by atoms with Crippen LogP contribution in [0.3, 0.4) is 0 Å².